The van der Waals surface area contributed by atoms with Crippen LogP contribution in [-0.4, -0.2) is 76.2 Å². The van der Waals surface area contributed by atoms with Crippen LogP contribution < -0.4 is 4.90 Å². The van der Waals surface area contributed by atoms with Crippen LogP contribution in [0.3, 0.4) is 0 Å². The number of thiazole rings is 1. The molecule has 3 atom stereocenters. The van der Waals surface area contributed by atoms with Gasteiger partial charge in [-0.1, -0.05) is 0 Å². The van der Waals surface area contributed by atoms with Crippen LogP contribution in [0.4, 0.5) is 18.3 Å². The van der Waals surface area contributed by atoms with E-state index in [9.17, 15) is 28.5 Å². The number of hydrogen-bond donors (Lipinski definition) is 3. The Labute approximate surface area is 141 Å². The molecule has 6 nitrogen and oxygen atoms in total. The zero-order chi connectivity index (χ0) is 17.5. The molecule has 0 aliphatic carbocycles. The number of anilines is 1. The number of halogens is 3. The summed E-state index contributed by atoms with van der Waals surface area (Å²) in [4.78, 5) is 7.40. The van der Waals surface area contributed by atoms with Crippen LogP contribution in [0.15, 0.2) is 5.38 Å². The fraction of sp³-hybridized carbons (Fsp3) is 0.786. The van der Waals surface area contributed by atoms with E-state index in [4.69, 9.17) is 0 Å². The van der Waals surface area contributed by atoms with E-state index < -0.39 is 30.2 Å². The van der Waals surface area contributed by atoms with Gasteiger partial charge >= 0.3 is 6.18 Å². The Morgan fingerprint density at radius 1 is 1.17 bits per heavy atom. The van der Waals surface area contributed by atoms with E-state index >= 15 is 0 Å². The fourth-order valence-electron chi connectivity index (χ4n) is 3.29. The summed E-state index contributed by atoms with van der Waals surface area (Å²) in [6, 6.07) is 0. The van der Waals surface area contributed by atoms with Crippen molar-refractivity contribution in [2.75, 3.05) is 37.6 Å². The van der Waals surface area contributed by atoms with Crippen molar-refractivity contribution in [3.05, 3.63) is 11.1 Å². The first kappa shape index (κ1) is 17.9. The molecule has 136 valence electrons. The highest BCUT2D eigenvalue weighted by molar-refractivity contribution is 7.13. The highest BCUT2D eigenvalue weighted by atomic mass is 32.1. The van der Waals surface area contributed by atoms with Crippen molar-refractivity contribution >= 4 is 16.5 Å². The maximum absolute atomic E-state index is 12.6. The monoisotopic (exact) mass is 367 g/mol. The van der Waals surface area contributed by atoms with Gasteiger partial charge in [0.25, 0.3) is 0 Å². The van der Waals surface area contributed by atoms with E-state index in [0.717, 1.165) is 23.1 Å². The Bertz CT molecular complexity index is 559. The minimum absolute atomic E-state index is 0.220. The maximum Gasteiger partial charge on any atom is 0.434 e. The number of piperidine rings is 1. The third-order valence-electron chi connectivity index (χ3n) is 4.53. The molecule has 3 heterocycles. The van der Waals surface area contributed by atoms with Gasteiger partial charge in [-0.25, -0.2) is 4.98 Å². The first-order chi connectivity index (χ1) is 11.2. The Kier molecular flexibility index (Phi) is 5.03. The summed E-state index contributed by atoms with van der Waals surface area (Å²) in [6.45, 7) is 2.41. The molecule has 0 aromatic carbocycles. The summed E-state index contributed by atoms with van der Waals surface area (Å²) in [6.07, 6.45) is -6.71. The molecule has 2 aliphatic rings. The van der Waals surface area contributed by atoms with Crippen molar-refractivity contribution in [2.24, 2.45) is 5.92 Å². The zero-order valence-electron chi connectivity index (χ0n) is 12.9. The topological polar surface area (TPSA) is 80.1 Å². The van der Waals surface area contributed by atoms with E-state index in [1.807, 2.05) is 9.80 Å². The van der Waals surface area contributed by atoms with Crippen molar-refractivity contribution < 1.29 is 28.5 Å². The first-order valence-corrected chi connectivity index (χ1v) is 8.66. The van der Waals surface area contributed by atoms with Crippen molar-refractivity contribution in [1.82, 2.24) is 9.88 Å². The molecule has 1 aromatic heterocycles. The normalized spacial score (nSPS) is 32.5. The Morgan fingerprint density at radius 2 is 1.83 bits per heavy atom. The Hall–Kier alpha value is -0.940. The second kappa shape index (κ2) is 6.75. The van der Waals surface area contributed by atoms with E-state index in [-0.39, 0.29) is 19.0 Å². The van der Waals surface area contributed by atoms with Gasteiger partial charge in [0.2, 0.25) is 0 Å². The lowest BCUT2D eigenvalue weighted by Gasteiger charge is -2.37. The molecule has 2 saturated heterocycles. The summed E-state index contributed by atoms with van der Waals surface area (Å²) >= 11 is 0.991. The van der Waals surface area contributed by atoms with Gasteiger partial charge in [0.15, 0.2) is 10.8 Å². The molecular formula is C14H20F3N3O3S. The lowest BCUT2D eigenvalue weighted by atomic mass is 10.00. The molecule has 0 spiro atoms. The van der Waals surface area contributed by atoms with E-state index in [2.05, 4.69) is 4.98 Å². The first-order valence-electron chi connectivity index (χ1n) is 7.78. The summed E-state index contributed by atoms with van der Waals surface area (Å²) < 4.78 is 37.9. The SMILES string of the molecule is OC1CN(C[C@H]2CCN(c3nc(C(F)(F)F)cs3)C2)CC(O)C1O. The van der Waals surface area contributed by atoms with Crippen LogP contribution in [0, 0.1) is 5.92 Å². The molecule has 0 saturated carbocycles. The van der Waals surface area contributed by atoms with Crippen LogP contribution in [0.25, 0.3) is 0 Å². The molecule has 10 heteroatoms. The van der Waals surface area contributed by atoms with Gasteiger partial charge in [0.05, 0.1) is 12.2 Å². The van der Waals surface area contributed by atoms with Gasteiger partial charge in [0.1, 0.15) is 6.10 Å². The van der Waals surface area contributed by atoms with Gasteiger partial charge in [-0.2, -0.15) is 13.2 Å². The number of likely N-dealkylation sites (tertiary alicyclic amines) is 1. The summed E-state index contributed by atoms with van der Waals surface area (Å²) in [5.41, 5.74) is -0.859. The minimum atomic E-state index is -4.42. The quantitative estimate of drug-likeness (QED) is 0.717. The lowest BCUT2D eigenvalue weighted by molar-refractivity contribution is -0.140. The number of alkyl halides is 3. The van der Waals surface area contributed by atoms with Crippen molar-refractivity contribution in [1.29, 1.82) is 0 Å². The average Bonchev–Trinajstić information content (AvgIpc) is 3.12. The third-order valence-corrected chi connectivity index (χ3v) is 5.44. The highest BCUT2D eigenvalue weighted by Gasteiger charge is 2.37. The van der Waals surface area contributed by atoms with Crippen molar-refractivity contribution in [3.8, 4) is 0 Å². The van der Waals surface area contributed by atoms with Gasteiger partial charge in [-0.15, -0.1) is 11.3 Å². The minimum Gasteiger partial charge on any atom is -0.389 e. The number of aromatic nitrogens is 1. The average molecular weight is 367 g/mol. The number of aliphatic hydroxyl groups is 3. The van der Waals surface area contributed by atoms with Gasteiger partial charge < -0.3 is 20.2 Å². The fourth-order valence-corrected chi connectivity index (χ4v) is 4.15. The molecule has 2 aliphatic heterocycles. The second-order valence-corrected chi connectivity index (χ2v) is 7.29. The van der Waals surface area contributed by atoms with E-state index in [0.29, 0.717) is 24.8 Å². The van der Waals surface area contributed by atoms with Crippen LogP contribution in [0.2, 0.25) is 0 Å². The van der Waals surface area contributed by atoms with Crippen LogP contribution in [0.5, 0.6) is 0 Å². The summed E-state index contributed by atoms with van der Waals surface area (Å²) in [5, 5.41) is 30.4. The largest absolute Gasteiger partial charge is 0.434 e. The number of rotatable bonds is 3. The molecule has 0 bridgehead atoms. The molecule has 3 rings (SSSR count). The molecule has 24 heavy (non-hydrogen) atoms. The highest BCUT2D eigenvalue weighted by Crippen LogP contribution is 2.34. The van der Waals surface area contributed by atoms with Gasteiger partial charge in [-0.3, -0.25) is 4.90 Å². The lowest BCUT2D eigenvalue weighted by Crippen LogP contribution is -2.56. The molecule has 0 radical (unpaired) electrons. The maximum atomic E-state index is 12.6. The molecule has 0 amide bonds. The number of aliphatic hydroxyl groups excluding tert-OH is 3. The summed E-state index contributed by atoms with van der Waals surface area (Å²) in [5.74, 6) is 0.220. The molecule has 3 N–H and O–H groups in total. The van der Waals surface area contributed by atoms with E-state index in [1.165, 1.54) is 0 Å². The van der Waals surface area contributed by atoms with Gasteiger partial charge in [-0.05, 0) is 12.3 Å². The molecule has 2 unspecified atom stereocenters. The summed E-state index contributed by atoms with van der Waals surface area (Å²) in [7, 11) is 0. The molecule has 2 fully saturated rings. The van der Waals surface area contributed by atoms with Crippen molar-refractivity contribution in [3.63, 3.8) is 0 Å². The standard InChI is InChI=1S/C14H20F3N3O3S/c15-14(16,17)11-7-24-13(18-11)20-2-1-8(4-20)3-19-5-9(21)12(23)10(22)6-19/h7-10,12,21-23H,1-6H2/t8-,9?,10?,12?/m1/s1. The number of hydrogen-bond acceptors (Lipinski definition) is 7. The Balaban J connectivity index is 1.55. The number of nitrogens with zero attached hydrogens (tertiary/aromatic N) is 3. The van der Waals surface area contributed by atoms with Gasteiger partial charge in [0, 0.05) is 38.1 Å². The molecule has 1 aromatic rings. The predicted octanol–water partition coefficient (Wildman–Crippen LogP) is 0.386. The predicted molar refractivity (Wildman–Crippen MR) is 81.9 cm³/mol. The van der Waals surface area contributed by atoms with Crippen LogP contribution in [-0.2, 0) is 6.18 Å². The van der Waals surface area contributed by atoms with Crippen LogP contribution >= 0.6 is 11.3 Å². The Morgan fingerprint density at radius 3 is 2.42 bits per heavy atom. The van der Waals surface area contributed by atoms with E-state index in [1.54, 1.807) is 0 Å². The number of β-amino-alcohol motifs (C(OH)–C–C–N with tert-alkyl or cyclic N) is 2. The second-order valence-electron chi connectivity index (χ2n) is 6.46. The molecular weight excluding hydrogens is 347 g/mol. The zero-order valence-corrected chi connectivity index (χ0v) is 13.7. The third kappa shape index (κ3) is 3.83. The smallest absolute Gasteiger partial charge is 0.389 e. The van der Waals surface area contributed by atoms with Crippen LogP contribution in [0.1, 0.15) is 12.1 Å². The van der Waals surface area contributed by atoms with Crippen molar-refractivity contribution in [2.45, 2.75) is 30.9 Å².